The summed E-state index contributed by atoms with van der Waals surface area (Å²) in [4.78, 5) is 24.4. The zero-order valence-electron chi connectivity index (χ0n) is 10.3. The van der Waals surface area contributed by atoms with Gasteiger partial charge >= 0.3 is 5.97 Å². The lowest BCUT2D eigenvalue weighted by Crippen LogP contribution is -2.44. The van der Waals surface area contributed by atoms with Crippen molar-refractivity contribution in [2.45, 2.75) is 33.0 Å². The first-order valence-electron chi connectivity index (χ1n) is 5.52. The van der Waals surface area contributed by atoms with Gasteiger partial charge in [0, 0.05) is 13.1 Å². The van der Waals surface area contributed by atoms with Crippen molar-refractivity contribution in [1.29, 1.82) is 0 Å². The van der Waals surface area contributed by atoms with Crippen LogP contribution < -0.4 is 0 Å². The maximum Gasteiger partial charge on any atom is 0.316 e. The zero-order chi connectivity index (χ0) is 13.4. The number of hydrogen-bond acceptors (Lipinski definition) is 4. The number of hydrogen-bond donors (Lipinski definition) is 3. The molecule has 1 amide bonds. The molecule has 0 aromatic carbocycles. The Hall–Kier alpha value is -1.14. The summed E-state index contributed by atoms with van der Waals surface area (Å²) in [6.07, 6.45) is -1.98. The van der Waals surface area contributed by atoms with Crippen LogP contribution in [0.3, 0.4) is 0 Å². The molecule has 3 N–H and O–H groups in total. The quantitative estimate of drug-likeness (QED) is 0.559. The van der Waals surface area contributed by atoms with Crippen molar-refractivity contribution in [2.75, 3.05) is 13.1 Å². The molecule has 0 radical (unpaired) electrons. The van der Waals surface area contributed by atoms with E-state index in [2.05, 4.69) is 0 Å². The molecule has 6 nitrogen and oxygen atoms in total. The maximum atomic E-state index is 12.0. The fourth-order valence-electron chi connectivity index (χ4n) is 1.98. The fourth-order valence-corrected chi connectivity index (χ4v) is 1.98. The summed E-state index contributed by atoms with van der Waals surface area (Å²) in [5, 5.41) is 27.8. The summed E-state index contributed by atoms with van der Waals surface area (Å²) in [5.74, 6) is -2.90. The predicted molar refractivity (Wildman–Crippen MR) is 59.2 cm³/mol. The van der Waals surface area contributed by atoms with Crippen LogP contribution in [-0.2, 0) is 9.59 Å². The Kier molecular flexibility index (Phi) is 3.78. The van der Waals surface area contributed by atoms with Crippen molar-refractivity contribution < 1.29 is 24.9 Å². The van der Waals surface area contributed by atoms with Crippen LogP contribution in [-0.4, -0.2) is 57.4 Å². The summed E-state index contributed by atoms with van der Waals surface area (Å²) in [6, 6.07) is 0. The van der Waals surface area contributed by atoms with Crippen LogP contribution in [0.5, 0.6) is 0 Å². The molecule has 1 rings (SSSR count). The first-order valence-corrected chi connectivity index (χ1v) is 5.52. The number of aliphatic carboxylic acids is 1. The molecule has 3 unspecified atom stereocenters. The van der Waals surface area contributed by atoms with Crippen LogP contribution in [0.1, 0.15) is 20.8 Å². The molecule has 0 aromatic rings. The standard InChI is InChI=1S/C11H19NO5/c1-11(2,3)8(10(16)17)9(15)12-4-6(13)7(14)5-12/h6-8,13-14H,4-5H2,1-3H3,(H,16,17). The molecule has 0 spiro atoms. The minimum Gasteiger partial charge on any atom is -0.481 e. The monoisotopic (exact) mass is 245 g/mol. The van der Waals surface area contributed by atoms with Crippen LogP contribution in [0.2, 0.25) is 0 Å². The van der Waals surface area contributed by atoms with E-state index in [0.29, 0.717) is 0 Å². The molecule has 17 heavy (non-hydrogen) atoms. The fraction of sp³-hybridized carbons (Fsp3) is 0.818. The first-order chi connectivity index (χ1) is 7.64. The van der Waals surface area contributed by atoms with Gasteiger partial charge in [0.1, 0.15) is 5.92 Å². The highest BCUT2D eigenvalue weighted by atomic mass is 16.4. The summed E-state index contributed by atoms with van der Waals surface area (Å²) >= 11 is 0. The molecule has 1 aliphatic heterocycles. The average molecular weight is 245 g/mol. The Morgan fingerprint density at radius 1 is 1.18 bits per heavy atom. The highest BCUT2D eigenvalue weighted by Gasteiger charge is 2.43. The molecule has 3 atom stereocenters. The molecule has 0 aliphatic carbocycles. The van der Waals surface area contributed by atoms with E-state index in [-0.39, 0.29) is 13.1 Å². The number of nitrogens with zero attached hydrogens (tertiary/aromatic N) is 1. The van der Waals surface area contributed by atoms with Gasteiger partial charge in [0.05, 0.1) is 12.2 Å². The molecule has 0 aromatic heterocycles. The first kappa shape index (κ1) is 13.9. The third kappa shape index (κ3) is 2.95. The molecule has 98 valence electrons. The number of rotatable bonds is 2. The molecule has 1 aliphatic rings. The molecule has 0 bridgehead atoms. The van der Waals surface area contributed by atoms with E-state index in [9.17, 15) is 19.8 Å². The molecule has 1 heterocycles. The lowest BCUT2D eigenvalue weighted by molar-refractivity contribution is -0.155. The Labute approximate surface area is 99.8 Å². The number of aliphatic hydroxyl groups is 2. The van der Waals surface area contributed by atoms with Gasteiger partial charge in [-0.05, 0) is 5.41 Å². The van der Waals surface area contributed by atoms with Gasteiger partial charge in [-0.3, -0.25) is 9.59 Å². The number of carbonyl (C=O) groups is 2. The van der Waals surface area contributed by atoms with Crippen molar-refractivity contribution in [3.63, 3.8) is 0 Å². The number of carbonyl (C=O) groups excluding carboxylic acids is 1. The van der Waals surface area contributed by atoms with Crippen LogP contribution in [0.4, 0.5) is 0 Å². The van der Waals surface area contributed by atoms with Gasteiger partial charge in [-0.2, -0.15) is 0 Å². The number of carboxylic acid groups (broad SMARTS) is 1. The molecule has 1 fully saturated rings. The van der Waals surface area contributed by atoms with E-state index in [4.69, 9.17) is 5.11 Å². The summed E-state index contributed by atoms with van der Waals surface area (Å²) < 4.78 is 0. The third-order valence-corrected chi connectivity index (χ3v) is 2.93. The normalized spacial score (nSPS) is 27.0. The van der Waals surface area contributed by atoms with Gasteiger partial charge < -0.3 is 20.2 Å². The van der Waals surface area contributed by atoms with Crippen molar-refractivity contribution >= 4 is 11.9 Å². The Bertz CT molecular complexity index is 312. The molecule has 0 saturated carbocycles. The van der Waals surface area contributed by atoms with Gasteiger partial charge in [-0.25, -0.2) is 0 Å². The minimum atomic E-state index is -1.18. The van der Waals surface area contributed by atoms with Crippen molar-refractivity contribution in [1.82, 2.24) is 4.90 Å². The molecule has 6 heteroatoms. The zero-order valence-corrected chi connectivity index (χ0v) is 10.3. The average Bonchev–Trinajstić information content (AvgIpc) is 2.43. The Morgan fingerprint density at radius 2 is 1.59 bits per heavy atom. The van der Waals surface area contributed by atoms with E-state index >= 15 is 0 Å². The highest BCUT2D eigenvalue weighted by molar-refractivity contribution is 5.97. The van der Waals surface area contributed by atoms with Gasteiger partial charge in [0.15, 0.2) is 0 Å². The molecular formula is C11H19NO5. The van der Waals surface area contributed by atoms with Crippen LogP contribution >= 0.6 is 0 Å². The maximum absolute atomic E-state index is 12.0. The molecule has 1 saturated heterocycles. The largest absolute Gasteiger partial charge is 0.481 e. The lowest BCUT2D eigenvalue weighted by Gasteiger charge is -2.29. The smallest absolute Gasteiger partial charge is 0.316 e. The highest BCUT2D eigenvalue weighted by Crippen LogP contribution is 2.29. The van der Waals surface area contributed by atoms with Gasteiger partial charge in [0.25, 0.3) is 0 Å². The SMILES string of the molecule is CC(C)(C)C(C(=O)O)C(=O)N1CC(O)C(O)C1. The van der Waals surface area contributed by atoms with E-state index < -0.39 is 35.4 Å². The summed E-state index contributed by atoms with van der Waals surface area (Å²) in [6.45, 7) is 4.99. The van der Waals surface area contributed by atoms with E-state index in [0.717, 1.165) is 0 Å². The lowest BCUT2D eigenvalue weighted by atomic mass is 9.80. The van der Waals surface area contributed by atoms with Crippen LogP contribution in [0.25, 0.3) is 0 Å². The number of carboxylic acids is 1. The summed E-state index contributed by atoms with van der Waals surface area (Å²) in [5.41, 5.74) is -0.707. The number of likely N-dealkylation sites (tertiary alicyclic amines) is 1. The minimum absolute atomic E-state index is 0.0140. The number of β-amino-alcohol motifs (C(OH)–C–C–N with tert-alkyl or cyclic N) is 2. The van der Waals surface area contributed by atoms with Gasteiger partial charge in [0.2, 0.25) is 5.91 Å². The van der Waals surface area contributed by atoms with Gasteiger partial charge in [-0.1, -0.05) is 20.8 Å². The van der Waals surface area contributed by atoms with E-state index in [1.165, 1.54) is 4.90 Å². The Balaban J connectivity index is 2.84. The van der Waals surface area contributed by atoms with E-state index in [1.54, 1.807) is 20.8 Å². The third-order valence-electron chi connectivity index (χ3n) is 2.93. The second kappa shape index (κ2) is 4.62. The van der Waals surface area contributed by atoms with Crippen LogP contribution in [0.15, 0.2) is 0 Å². The molecular weight excluding hydrogens is 226 g/mol. The Morgan fingerprint density at radius 3 is 1.88 bits per heavy atom. The van der Waals surface area contributed by atoms with Crippen molar-refractivity contribution in [3.8, 4) is 0 Å². The second-order valence-electron chi connectivity index (χ2n) is 5.52. The van der Waals surface area contributed by atoms with Crippen LogP contribution in [0, 0.1) is 11.3 Å². The predicted octanol–water partition coefficient (Wildman–Crippen LogP) is -0.703. The van der Waals surface area contributed by atoms with Crippen molar-refractivity contribution in [2.24, 2.45) is 11.3 Å². The van der Waals surface area contributed by atoms with E-state index in [1.807, 2.05) is 0 Å². The second-order valence-corrected chi connectivity index (χ2v) is 5.52. The number of aliphatic hydroxyl groups excluding tert-OH is 2. The topological polar surface area (TPSA) is 98.1 Å². The van der Waals surface area contributed by atoms with Gasteiger partial charge in [-0.15, -0.1) is 0 Å². The number of amides is 1. The van der Waals surface area contributed by atoms with Crippen molar-refractivity contribution in [3.05, 3.63) is 0 Å². The summed E-state index contributed by atoms with van der Waals surface area (Å²) in [7, 11) is 0.